The first kappa shape index (κ1) is 21.0. The highest BCUT2D eigenvalue weighted by atomic mass is 19.1. The van der Waals surface area contributed by atoms with Crippen LogP contribution in [0.5, 0.6) is 0 Å². The number of rotatable bonds is 5. The minimum Gasteiger partial charge on any atom is -0.339 e. The number of piperidine rings is 1. The molecule has 0 bridgehead atoms. The molecule has 2 aliphatic heterocycles. The summed E-state index contributed by atoms with van der Waals surface area (Å²) in [6.07, 6.45) is 2.68. The fourth-order valence-corrected chi connectivity index (χ4v) is 4.20. The predicted octanol–water partition coefficient (Wildman–Crippen LogP) is 3.44. The highest BCUT2D eigenvalue weighted by Gasteiger charge is 2.28. The van der Waals surface area contributed by atoms with Crippen LogP contribution < -0.4 is 5.32 Å². The van der Waals surface area contributed by atoms with E-state index < -0.39 is 0 Å². The first-order valence-electron chi connectivity index (χ1n) is 10.7. The van der Waals surface area contributed by atoms with Gasteiger partial charge in [-0.25, -0.2) is 4.39 Å². The lowest BCUT2D eigenvalue weighted by atomic mass is 9.95. The van der Waals surface area contributed by atoms with Crippen LogP contribution in [0.25, 0.3) is 0 Å². The van der Waals surface area contributed by atoms with Crippen molar-refractivity contribution in [1.29, 1.82) is 0 Å². The van der Waals surface area contributed by atoms with Crippen LogP contribution >= 0.6 is 0 Å². The molecule has 0 atom stereocenters. The third kappa shape index (κ3) is 5.10. The van der Waals surface area contributed by atoms with E-state index in [1.807, 2.05) is 29.2 Å². The fourth-order valence-electron chi connectivity index (χ4n) is 4.20. The summed E-state index contributed by atoms with van der Waals surface area (Å²) in [6.45, 7) is 2.33. The van der Waals surface area contributed by atoms with Gasteiger partial charge < -0.3 is 15.1 Å². The minimum atomic E-state index is -0.372. The topological polar surface area (TPSA) is 69.7 Å². The van der Waals surface area contributed by atoms with Crippen molar-refractivity contribution in [3.8, 4) is 0 Å². The Bertz CT molecular complexity index is 968. The molecule has 3 amide bonds. The molecule has 0 spiro atoms. The second-order valence-corrected chi connectivity index (χ2v) is 8.18. The molecule has 0 unspecified atom stereocenters. The molecule has 0 radical (unpaired) electrons. The summed E-state index contributed by atoms with van der Waals surface area (Å²) < 4.78 is 13.1. The van der Waals surface area contributed by atoms with Crippen LogP contribution in [0.15, 0.2) is 48.5 Å². The molecule has 6 nitrogen and oxygen atoms in total. The molecule has 31 heavy (non-hydrogen) atoms. The SMILES string of the molecule is O=C(Nc1cccc(CN2CCCC2=O)c1)C1CCN(C(=O)c2ccc(F)cc2)CC1. The van der Waals surface area contributed by atoms with Gasteiger partial charge in [0, 0.05) is 49.8 Å². The number of anilines is 1. The molecular weight excluding hydrogens is 397 g/mol. The fraction of sp³-hybridized carbons (Fsp3) is 0.375. The average molecular weight is 423 g/mol. The summed E-state index contributed by atoms with van der Waals surface area (Å²) in [5, 5.41) is 2.98. The summed E-state index contributed by atoms with van der Waals surface area (Å²) in [6, 6.07) is 13.1. The minimum absolute atomic E-state index is 0.0525. The second kappa shape index (κ2) is 9.29. The monoisotopic (exact) mass is 423 g/mol. The van der Waals surface area contributed by atoms with E-state index in [0.717, 1.165) is 24.2 Å². The molecule has 0 saturated carbocycles. The molecule has 4 rings (SSSR count). The lowest BCUT2D eigenvalue weighted by molar-refractivity contribution is -0.128. The lowest BCUT2D eigenvalue weighted by Gasteiger charge is -2.31. The first-order valence-corrected chi connectivity index (χ1v) is 10.7. The Balaban J connectivity index is 1.30. The van der Waals surface area contributed by atoms with Crippen LogP contribution in [0.2, 0.25) is 0 Å². The molecule has 1 N–H and O–H groups in total. The van der Waals surface area contributed by atoms with Gasteiger partial charge >= 0.3 is 0 Å². The molecule has 2 aromatic carbocycles. The van der Waals surface area contributed by atoms with Gasteiger partial charge in [0.1, 0.15) is 5.82 Å². The van der Waals surface area contributed by atoms with E-state index in [-0.39, 0.29) is 29.5 Å². The molecule has 7 heteroatoms. The quantitative estimate of drug-likeness (QED) is 0.801. The Kier molecular flexibility index (Phi) is 6.30. The van der Waals surface area contributed by atoms with Gasteiger partial charge in [-0.1, -0.05) is 12.1 Å². The van der Waals surface area contributed by atoms with Gasteiger partial charge in [-0.05, 0) is 61.2 Å². The molecule has 0 aromatic heterocycles. The van der Waals surface area contributed by atoms with Crippen molar-refractivity contribution in [2.75, 3.05) is 25.0 Å². The summed E-state index contributed by atoms with van der Waals surface area (Å²) >= 11 is 0. The molecule has 162 valence electrons. The summed E-state index contributed by atoms with van der Waals surface area (Å²) in [4.78, 5) is 40.7. The van der Waals surface area contributed by atoms with E-state index in [1.165, 1.54) is 24.3 Å². The average Bonchev–Trinajstić information content (AvgIpc) is 3.18. The number of hydrogen-bond donors (Lipinski definition) is 1. The van der Waals surface area contributed by atoms with E-state index in [0.29, 0.717) is 44.5 Å². The molecule has 2 saturated heterocycles. The number of hydrogen-bond acceptors (Lipinski definition) is 3. The van der Waals surface area contributed by atoms with Crippen LogP contribution in [0.4, 0.5) is 10.1 Å². The number of amides is 3. The van der Waals surface area contributed by atoms with E-state index in [9.17, 15) is 18.8 Å². The van der Waals surface area contributed by atoms with E-state index in [4.69, 9.17) is 0 Å². The number of nitrogens with one attached hydrogen (secondary N) is 1. The van der Waals surface area contributed by atoms with Gasteiger partial charge in [0.25, 0.3) is 5.91 Å². The summed E-state index contributed by atoms with van der Waals surface area (Å²) in [7, 11) is 0. The van der Waals surface area contributed by atoms with E-state index in [2.05, 4.69) is 5.32 Å². The zero-order valence-electron chi connectivity index (χ0n) is 17.4. The molecular formula is C24H26FN3O3. The maximum atomic E-state index is 13.1. The maximum absolute atomic E-state index is 13.1. The van der Waals surface area contributed by atoms with Crippen LogP contribution in [0.1, 0.15) is 41.6 Å². The first-order chi connectivity index (χ1) is 15.0. The van der Waals surface area contributed by atoms with Crippen molar-refractivity contribution in [2.45, 2.75) is 32.2 Å². The number of nitrogens with zero attached hydrogens (tertiary/aromatic N) is 2. The van der Waals surface area contributed by atoms with Crippen molar-refractivity contribution < 1.29 is 18.8 Å². The second-order valence-electron chi connectivity index (χ2n) is 8.18. The van der Waals surface area contributed by atoms with Gasteiger partial charge in [0.15, 0.2) is 0 Å². The van der Waals surface area contributed by atoms with Gasteiger partial charge in [-0.2, -0.15) is 0 Å². The van der Waals surface area contributed by atoms with Crippen LogP contribution in [0, 0.1) is 11.7 Å². The predicted molar refractivity (Wildman–Crippen MR) is 115 cm³/mol. The van der Waals surface area contributed by atoms with E-state index in [1.54, 1.807) is 4.90 Å². The molecule has 2 aromatic rings. The Labute approximate surface area is 181 Å². The third-order valence-corrected chi connectivity index (χ3v) is 5.98. The molecule has 0 aliphatic carbocycles. The smallest absolute Gasteiger partial charge is 0.253 e. The zero-order valence-corrected chi connectivity index (χ0v) is 17.4. The standard InChI is InChI=1S/C24H26FN3O3/c25-20-8-6-19(7-9-20)24(31)27-13-10-18(11-14-27)23(30)26-21-4-1-3-17(15-21)16-28-12-2-5-22(28)29/h1,3-4,6-9,15,18H,2,5,10-14,16H2,(H,26,30). The highest BCUT2D eigenvalue weighted by Crippen LogP contribution is 2.22. The van der Waals surface area contributed by atoms with Crippen molar-refractivity contribution in [3.63, 3.8) is 0 Å². The summed E-state index contributed by atoms with van der Waals surface area (Å²) in [5.41, 5.74) is 2.17. The van der Waals surface area contributed by atoms with E-state index >= 15 is 0 Å². The summed E-state index contributed by atoms with van der Waals surface area (Å²) in [5.74, 6) is -0.549. The van der Waals surface area contributed by atoms with Gasteiger partial charge in [0.2, 0.25) is 11.8 Å². The highest BCUT2D eigenvalue weighted by molar-refractivity contribution is 5.95. The number of halogens is 1. The van der Waals surface area contributed by atoms with Crippen molar-refractivity contribution in [3.05, 3.63) is 65.5 Å². The Hall–Kier alpha value is -3.22. The van der Waals surface area contributed by atoms with Gasteiger partial charge in [-0.3, -0.25) is 14.4 Å². The van der Waals surface area contributed by atoms with Crippen LogP contribution in [0.3, 0.4) is 0 Å². The third-order valence-electron chi connectivity index (χ3n) is 5.98. The number of carbonyl (C=O) groups is 3. The normalized spacial score (nSPS) is 17.1. The van der Waals surface area contributed by atoms with Gasteiger partial charge in [-0.15, -0.1) is 0 Å². The zero-order chi connectivity index (χ0) is 21.8. The molecule has 2 fully saturated rings. The molecule has 2 heterocycles. The molecule has 2 aliphatic rings. The Morgan fingerprint density at radius 1 is 1.03 bits per heavy atom. The largest absolute Gasteiger partial charge is 0.339 e. The number of benzene rings is 2. The lowest BCUT2D eigenvalue weighted by Crippen LogP contribution is -2.41. The number of likely N-dealkylation sites (tertiary alicyclic amines) is 2. The van der Waals surface area contributed by atoms with Crippen LogP contribution in [-0.4, -0.2) is 47.2 Å². The maximum Gasteiger partial charge on any atom is 0.253 e. The van der Waals surface area contributed by atoms with Gasteiger partial charge in [0.05, 0.1) is 0 Å². The Morgan fingerprint density at radius 3 is 2.45 bits per heavy atom. The number of carbonyl (C=O) groups excluding carboxylic acids is 3. The van der Waals surface area contributed by atoms with Crippen molar-refractivity contribution >= 4 is 23.4 Å². The van der Waals surface area contributed by atoms with Crippen LogP contribution in [-0.2, 0) is 16.1 Å². The van der Waals surface area contributed by atoms with Crippen molar-refractivity contribution in [1.82, 2.24) is 9.80 Å². The Morgan fingerprint density at radius 2 is 1.77 bits per heavy atom. The van der Waals surface area contributed by atoms with Crippen molar-refractivity contribution in [2.24, 2.45) is 5.92 Å².